The van der Waals surface area contributed by atoms with Crippen LogP contribution in [0.1, 0.15) is 25.0 Å². The molecule has 0 spiro atoms. The normalized spacial score (nSPS) is 13.7. The predicted octanol–water partition coefficient (Wildman–Crippen LogP) is 2.78. The molecule has 1 aliphatic rings. The molecule has 0 bridgehead atoms. The average Bonchev–Trinajstić information content (AvgIpc) is 3.05. The topological polar surface area (TPSA) is 89.8 Å². The fraction of sp³-hybridized carbons (Fsp3) is 0.368. The van der Waals surface area contributed by atoms with Gasteiger partial charge in [-0.05, 0) is 37.1 Å². The summed E-state index contributed by atoms with van der Waals surface area (Å²) < 4.78 is 21.1. The highest BCUT2D eigenvalue weighted by molar-refractivity contribution is 5.92. The molecule has 0 unspecified atom stereocenters. The molecule has 1 aliphatic heterocycles. The monoisotopic (exact) mass is 383 g/mol. The molecule has 2 aromatic heterocycles. The van der Waals surface area contributed by atoms with Crippen molar-refractivity contribution in [2.75, 3.05) is 30.8 Å². The third-order valence-corrected chi connectivity index (χ3v) is 4.50. The van der Waals surface area contributed by atoms with Gasteiger partial charge in [-0.3, -0.25) is 0 Å². The number of rotatable bonds is 5. The van der Waals surface area contributed by atoms with Gasteiger partial charge in [-0.1, -0.05) is 17.4 Å². The molecule has 0 saturated heterocycles. The molecule has 8 nitrogen and oxygen atoms in total. The lowest BCUT2D eigenvalue weighted by Gasteiger charge is -2.22. The minimum atomic E-state index is -1.38. The van der Waals surface area contributed by atoms with Crippen LogP contribution in [0.25, 0.3) is 16.6 Å². The van der Waals surface area contributed by atoms with Gasteiger partial charge in [0.1, 0.15) is 17.0 Å². The number of methoxy groups -OCH3 is 1. The quantitative estimate of drug-likeness (QED) is 0.700. The average molecular weight is 383 g/mol. The van der Waals surface area contributed by atoms with E-state index in [4.69, 9.17) is 4.74 Å². The van der Waals surface area contributed by atoms with Crippen molar-refractivity contribution in [3.8, 4) is 5.88 Å². The molecule has 0 atom stereocenters. The Hall–Kier alpha value is -3.23. The van der Waals surface area contributed by atoms with E-state index < -0.39 is 5.67 Å². The summed E-state index contributed by atoms with van der Waals surface area (Å²) in [5.41, 5.74) is 3.12. The summed E-state index contributed by atoms with van der Waals surface area (Å²) in [4.78, 5) is 8.95. The highest BCUT2D eigenvalue weighted by Crippen LogP contribution is 2.38. The zero-order valence-electron chi connectivity index (χ0n) is 16.2. The molecule has 146 valence electrons. The lowest BCUT2D eigenvalue weighted by atomic mass is 9.96. The van der Waals surface area contributed by atoms with E-state index in [0.29, 0.717) is 24.2 Å². The van der Waals surface area contributed by atoms with E-state index in [1.165, 1.54) is 13.8 Å². The first-order valence-corrected chi connectivity index (χ1v) is 8.99. The van der Waals surface area contributed by atoms with E-state index in [0.717, 1.165) is 27.7 Å². The van der Waals surface area contributed by atoms with Crippen LogP contribution in [0.5, 0.6) is 5.88 Å². The number of hydrogen-bond acceptors (Lipinski definition) is 7. The fourth-order valence-electron chi connectivity index (χ4n) is 3.14. The van der Waals surface area contributed by atoms with Crippen molar-refractivity contribution in [3.05, 3.63) is 35.4 Å². The van der Waals surface area contributed by atoms with Gasteiger partial charge in [-0.15, -0.1) is 5.10 Å². The Morgan fingerprint density at radius 2 is 2.14 bits per heavy atom. The maximum absolute atomic E-state index is 13.8. The maximum Gasteiger partial charge on any atom is 0.228 e. The largest absolute Gasteiger partial charge is 0.480 e. The van der Waals surface area contributed by atoms with E-state index in [9.17, 15) is 4.39 Å². The van der Waals surface area contributed by atoms with Crippen LogP contribution in [-0.2, 0) is 7.05 Å². The van der Waals surface area contributed by atoms with Crippen molar-refractivity contribution in [3.63, 3.8) is 0 Å². The second-order valence-electron chi connectivity index (χ2n) is 7.27. The fourth-order valence-corrected chi connectivity index (χ4v) is 3.14. The minimum absolute atomic E-state index is 0.0990. The number of ether oxygens (including phenoxy) is 1. The molecule has 3 aromatic rings. The highest BCUT2D eigenvalue weighted by Gasteiger charge is 2.24. The van der Waals surface area contributed by atoms with Gasteiger partial charge in [0.2, 0.25) is 11.8 Å². The molecular weight excluding hydrogens is 361 g/mol. The summed E-state index contributed by atoms with van der Waals surface area (Å²) in [5, 5.41) is 14.4. The number of nitrogens with zero attached hydrogens (tertiary/aromatic N) is 5. The number of hydrogen-bond donors (Lipinski definition) is 2. The smallest absolute Gasteiger partial charge is 0.228 e. The zero-order chi connectivity index (χ0) is 19.9. The maximum atomic E-state index is 13.8. The number of aromatic nitrogens is 5. The summed E-state index contributed by atoms with van der Waals surface area (Å²) in [7, 11) is 3.42. The molecule has 0 fully saturated rings. The van der Waals surface area contributed by atoms with Gasteiger partial charge in [-0.25, -0.2) is 9.07 Å². The number of fused-ring (bicyclic) bond motifs is 2. The predicted molar refractivity (Wildman–Crippen MR) is 106 cm³/mol. The van der Waals surface area contributed by atoms with Crippen molar-refractivity contribution in [1.82, 2.24) is 25.0 Å². The van der Waals surface area contributed by atoms with Crippen LogP contribution >= 0.6 is 0 Å². The molecule has 2 N–H and O–H groups in total. The lowest BCUT2D eigenvalue weighted by molar-refractivity contribution is 0.234. The first kappa shape index (κ1) is 18.1. The van der Waals surface area contributed by atoms with Crippen LogP contribution in [-0.4, -0.2) is 50.8 Å². The van der Waals surface area contributed by atoms with Gasteiger partial charge in [0.25, 0.3) is 0 Å². The van der Waals surface area contributed by atoms with Crippen LogP contribution in [0.15, 0.2) is 24.3 Å². The third kappa shape index (κ3) is 3.35. The van der Waals surface area contributed by atoms with E-state index >= 15 is 0 Å². The Morgan fingerprint density at radius 3 is 2.89 bits per heavy atom. The van der Waals surface area contributed by atoms with Crippen molar-refractivity contribution in [2.45, 2.75) is 19.5 Å². The first-order valence-electron chi connectivity index (χ1n) is 8.99. The second-order valence-corrected chi connectivity index (χ2v) is 7.27. The number of alkyl halides is 1. The number of nitrogens with one attached hydrogen (secondary N) is 2. The molecule has 0 saturated carbocycles. The molecule has 1 aromatic carbocycles. The molecule has 4 rings (SSSR count). The molecule has 9 heteroatoms. The summed E-state index contributed by atoms with van der Waals surface area (Å²) in [6.45, 7) is 3.70. The summed E-state index contributed by atoms with van der Waals surface area (Å²) >= 11 is 0. The molecular formula is C19H22FN7O. The minimum Gasteiger partial charge on any atom is -0.480 e. The SMILES string of the molecule is COc1nc(NCC(C)(C)F)nc2c1C(c1ccc3nnn(C)c3c1)=CCN2. The Morgan fingerprint density at radius 1 is 1.32 bits per heavy atom. The van der Waals surface area contributed by atoms with Gasteiger partial charge in [0.15, 0.2) is 0 Å². The van der Waals surface area contributed by atoms with Crippen molar-refractivity contribution >= 4 is 28.4 Å². The number of benzene rings is 1. The molecule has 0 radical (unpaired) electrons. The Labute approximate surface area is 161 Å². The summed E-state index contributed by atoms with van der Waals surface area (Å²) in [6, 6.07) is 5.97. The van der Waals surface area contributed by atoms with Crippen LogP contribution in [0.2, 0.25) is 0 Å². The summed E-state index contributed by atoms with van der Waals surface area (Å²) in [5.74, 6) is 1.39. The molecule has 28 heavy (non-hydrogen) atoms. The van der Waals surface area contributed by atoms with Gasteiger partial charge in [0, 0.05) is 13.6 Å². The zero-order valence-corrected chi connectivity index (χ0v) is 16.2. The standard InChI is InChI=1S/C19H22FN7O/c1-19(2,20)10-22-18-23-16-15(17(24-18)28-4)12(7-8-21-16)11-5-6-13-14(9-11)27(3)26-25-13/h5-7,9H,8,10H2,1-4H3,(H2,21,22,23,24). The van der Waals surface area contributed by atoms with E-state index in [1.807, 2.05) is 25.2 Å². The Balaban J connectivity index is 1.76. The van der Waals surface area contributed by atoms with Crippen LogP contribution < -0.4 is 15.4 Å². The highest BCUT2D eigenvalue weighted by atomic mass is 19.1. The number of anilines is 2. The molecule has 0 aliphatic carbocycles. The summed E-state index contributed by atoms with van der Waals surface area (Å²) in [6.07, 6.45) is 2.07. The van der Waals surface area contributed by atoms with E-state index in [1.54, 1.807) is 11.8 Å². The van der Waals surface area contributed by atoms with Gasteiger partial charge < -0.3 is 15.4 Å². The number of aryl methyl sites for hydroxylation is 1. The first-order chi connectivity index (χ1) is 13.4. The van der Waals surface area contributed by atoms with Crippen LogP contribution in [0.3, 0.4) is 0 Å². The van der Waals surface area contributed by atoms with Crippen LogP contribution in [0, 0.1) is 0 Å². The van der Waals surface area contributed by atoms with Crippen molar-refractivity contribution in [1.29, 1.82) is 0 Å². The number of halogens is 1. The molecule has 3 heterocycles. The van der Waals surface area contributed by atoms with E-state index in [2.05, 4.69) is 37.0 Å². The third-order valence-electron chi connectivity index (χ3n) is 4.50. The van der Waals surface area contributed by atoms with Crippen molar-refractivity contribution < 1.29 is 9.13 Å². The van der Waals surface area contributed by atoms with E-state index in [-0.39, 0.29) is 6.54 Å². The van der Waals surface area contributed by atoms with Gasteiger partial charge in [-0.2, -0.15) is 9.97 Å². The molecule has 0 amide bonds. The Kier molecular flexibility index (Phi) is 4.37. The van der Waals surface area contributed by atoms with Gasteiger partial charge in [0.05, 0.1) is 24.7 Å². The Bertz CT molecular complexity index is 1070. The lowest BCUT2D eigenvalue weighted by Crippen LogP contribution is -2.26. The van der Waals surface area contributed by atoms with Crippen molar-refractivity contribution in [2.24, 2.45) is 7.05 Å². The van der Waals surface area contributed by atoms with Crippen LogP contribution in [0.4, 0.5) is 16.2 Å². The second kappa shape index (κ2) is 6.74. The van der Waals surface area contributed by atoms with Gasteiger partial charge >= 0.3 is 0 Å².